The predicted octanol–water partition coefficient (Wildman–Crippen LogP) is 3.86. The first-order valence-corrected chi connectivity index (χ1v) is 8.57. The van der Waals surface area contributed by atoms with Crippen LogP contribution >= 0.6 is 0 Å². The van der Waals surface area contributed by atoms with Crippen LogP contribution in [0, 0.1) is 0 Å². The lowest BCUT2D eigenvalue weighted by Gasteiger charge is -2.08. The lowest BCUT2D eigenvalue weighted by Crippen LogP contribution is -2.12. The number of hydrogen-bond donors (Lipinski definition) is 2. The summed E-state index contributed by atoms with van der Waals surface area (Å²) in [6, 6.07) is 18.5. The highest BCUT2D eigenvalue weighted by Gasteiger charge is 2.12. The van der Waals surface area contributed by atoms with E-state index in [1.165, 1.54) is 36.4 Å². The fraction of sp³-hybridized carbons (Fsp3) is 0.0455. The van der Waals surface area contributed by atoms with Crippen LogP contribution in [-0.2, 0) is 0 Å². The van der Waals surface area contributed by atoms with Crippen molar-refractivity contribution < 1.29 is 29.0 Å². The van der Waals surface area contributed by atoms with Gasteiger partial charge in [0.2, 0.25) is 0 Å². The van der Waals surface area contributed by atoms with E-state index in [4.69, 9.17) is 14.6 Å². The number of nitrogens with one attached hydrogen (secondary N) is 1. The minimum Gasteiger partial charge on any atom is -0.497 e. The number of hydrogen-bond acceptors (Lipinski definition) is 5. The van der Waals surface area contributed by atoms with Crippen molar-refractivity contribution in [1.29, 1.82) is 0 Å². The highest BCUT2D eigenvalue weighted by atomic mass is 16.5. The summed E-state index contributed by atoms with van der Waals surface area (Å²) >= 11 is 0. The number of methoxy groups -OCH3 is 1. The number of anilines is 1. The summed E-state index contributed by atoms with van der Waals surface area (Å²) in [7, 11) is 1.55. The van der Waals surface area contributed by atoms with Gasteiger partial charge in [0, 0.05) is 11.3 Å². The molecule has 0 aliphatic carbocycles. The Morgan fingerprint density at radius 3 is 2.03 bits per heavy atom. The molecule has 29 heavy (non-hydrogen) atoms. The zero-order valence-corrected chi connectivity index (χ0v) is 15.4. The van der Waals surface area contributed by atoms with E-state index < -0.39 is 11.9 Å². The summed E-state index contributed by atoms with van der Waals surface area (Å²) < 4.78 is 10.3. The molecule has 7 nitrogen and oxygen atoms in total. The number of rotatable bonds is 6. The minimum absolute atomic E-state index is 0.00366. The molecular formula is C22H17NO6. The highest BCUT2D eigenvalue weighted by molar-refractivity contribution is 6.04. The zero-order valence-electron chi connectivity index (χ0n) is 15.4. The Bertz CT molecular complexity index is 1040. The normalized spacial score (nSPS) is 10.1. The second kappa shape index (κ2) is 8.71. The molecule has 0 aliphatic rings. The smallest absolute Gasteiger partial charge is 0.343 e. The SMILES string of the molecule is COc1ccc(C(=O)Nc2ccc(OC(=O)c3cccc(C(=O)O)c3)cc2)cc1. The fourth-order valence-corrected chi connectivity index (χ4v) is 2.50. The molecule has 3 rings (SSSR count). The second-order valence-electron chi connectivity index (χ2n) is 5.98. The van der Waals surface area contributed by atoms with Gasteiger partial charge in [0.15, 0.2) is 0 Å². The van der Waals surface area contributed by atoms with Crippen LogP contribution < -0.4 is 14.8 Å². The molecule has 0 aromatic heterocycles. The number of esters is 1. The van der Waals surface area contributed by atoms with Gasteiger partial charge in [-0.1, -0.05) is 6.07 Å². The molecule has 146 valence electrons. The second-order valence-corrected chi connectivity index (χ2v) is 5.98. The molecule has 7 heteroatoms. The molecule has 1 amide bonds. The van der Waals surface area contributed by atoms with Crippen LogP contribution in [0.1, 0.15) is 31.1 Å². The number of carboxylic acid groups (broad SMARTS) is 1. The summed E-state index contributed by atoms with van der Waals surface area (Å²) in [6.45, 7) is 0. The van der Waals surface area contributed by atoms with Gasteiger partial charge >= 0.3 is 11.9 Å². The van der Waals surface area contributed by atoms with Crippen LogP contribution in [-0.4, -0.2) is 30.1 Å². The number of benzene rings is 3. The standard InChI is InChI=1S/C22H17NO6/c1-28-18-9-5-14(6-10-18)20(24)23-17-7-11-19(12-8-17)29-22(27)16-4-2-3-15(13-16)21(25)26/h2-13H,1H3,(H,23,24)(H,25,26). The first-order valence-electron chi connectivity index (χ1n) is 8.57. The molecule has 0 aliphatic heterocycles. The topological polar surface area (TPSA) is 102 Å². The van der Waals surface area contributed by atoms with E-state index in [0.717, 1.165) is 0 Å². The van der Waals surface area contributed by atoms with E-state index in [2.05, 4.69) is 5.32 Å². The van der Waals surface area contributed by atoms with E-state index in [1.807, 2.05) is 0 Å². The molecule has 0 spiro atoms. The molecule has 2 N–H and O–H groups in total. The number of carbonyl (C=O) groups excluding carboxylic acids is 2. The summed E-state index contributed by atoms with van der Waals surface area (Å²) in [6.07, 6.45) is 0. The van der Waals surface area contributed by atoms with Gasteiger partial charge in [-0.15, -0.1) is 0 Å². The van der Waals surface area contributed by atoms with Crippen LogP contribution in [0.25, 0.3) is 0 Å². The van der Waals surface area contributed by atoms with E-state index in [9.17, 15) is 14.4 Å². The third-order valence-corrected chi connectivity index (χ3v) is 4.02. The number of carbonyl (C=O) groups is 3. The number of aromatic carboxylic acids is 1. The van der Waals surface area contributed by atoms with Gasteiger partial charge in [-0.3, -0.25) is 4.79 Å². The van der Waals surface area contributed by atoms with Gasteiger partial charge in [0.1, 0.15) is 11.5 Å². The average Bonchev–Trinajstić information content (AvgIpc) is 2.75. The Morgan fingerprint density at radius 1 is 0.793 bits per heavy atom. The van der Waals surface area contributed by atoms with E-state index in [0.29, 0.717) is 17.0 Å². The monoisotopic (exact) mass is 391 g/mol. The Morgan fingerprint density at radius 2 is 1.41 bits per heavy atom. The van der Waals surface area contributed by atoms with Crippen LogP contribution in [0.4, 0.5) is 5.69 Å². The van der Waals surface area contributed by atoms with E-state index >= 15 is 0 Å². The average molecular weight is 391 g/mol. The molecule has 0 atom stereocenters. The first kappa shape index (κ1) is 19.6. The molecule has 0 heterocycles. The molecule has 0 saturated carbocycles. The molecular weight excluding hydrogens is 374 g/mol. The molecule has 3 aromatic rings. The van der Waals surface area contributed by atoms with Crippen molar-refractivity contribution in [2.24, 2.45) is 0 Å². The molecule has 0 bridgehead atoms. The molecule has 0 fully saturated rings. The Balaban J connectivity index is 1.63. The maximum atomic E-state index is 12.3. The lowest BCUT2D eigenvalue weighted by atomic mass is 10.1. The lowest BCUT2D eigenvalue weighted by molar-refractivity contribution is 0.0696. The summed E-state index contributed by atoms with van der Waals surface area (Å²) in [5, 5.41) is 11.7. The molecule has 0 unspecified atom stereocenters. The van der Waals surface area contributed by atoms with Crippen molar-refractivity contribution in [3.8, 4) is 11.5 Å². The molecule has 0 saturated heterocycles. The van der Waals surface area contributed by atoms with Crippen molar-refractivity contribution in [2.45, 2.75) is 0 Å². The molecule has 0 radical (unpaired) electrons. The predicted molar refractivity (Wildman–Crippen MR) is 106 cm³/mol. The van der Waals surface area contributed by atoms with Gasteiger partial charge < -0.3 is 19.9 Å². The largest absolute Gasteiger partial charge is 0.497 e. The van der Waals surface area contributed by atoms with Gasteiger partial charge in [-0.2, -0.15) is 0 Å². The highest BCUT2D eigenvalue weighted by Crippen LogP contribution is 2.19. The fourth-order valence-electron chi connectivity index (χ4n) is 2.50. The Labute approximate surface area is 166 Å². The minimum atomic E-state index is -1.13. The van der Waals surface area contributed by atoms with Crippen molar-refractivity contribution in [1.82, 2.24) is 0 Å². The van der Waals surface area contributed by atoms with Crippen LogP contribution in [0.3, 0.4) is 0 Å². The molecule has 3 aromatic carbocycles. The van der Waals surface area contributed by atoms with Crippen LogP contribution in [0.15, 0.2) is 72.8 Å². The van der Waals surface area contributed by atoms with E-state index in [1.54, 1.807) is 43.5 Å². The summed E-state index contributed by atoms with van der Waals surface area (Å²) in [5.74, 6) is -1.18. The third-order valence-electron chi connectivity index (χ3n) is 4.02. The van der Waals surface area contributed by atoms with Gasteiger partial charge in [0.25, 0.3) is 5.91 Å². The maximum Gasteiger partial charge on any atom is 0.343 e. The summed E-state index contributed by atoms with van der Waals surface area (Å²) in [4.78, 5) is 35.5. The number of ether oxygens (including phenoxy) is 2. The quantitative estimate of drug-likeness (QED) is 0.489. The Hall–Kier alpha value is -4.13. The van der Waals surface area contributed by atoms with Crippen LogP contribution in [0.5, 0.6) is 11.5 Å². The van der Waals surface area contributed by atoms with Crippen molar-refractivity contribution >= 4 is 23.5 Å². The van der Waals surface area contributed by atoms with Gasteiger partial charge in [-0.05, 0) is 66.7 Å². The third kappa shape index (κ3) is 4.98. The number of carboxylic acids is 1. The Kier molecular flexibility index (Phi) is 5.89. The summed E-state index contributed by atoms with van der Waals surface area (Å²) in [5.41, 5.74) is 1.12. The van der Waals surface area contributed by atoms with Gasteiger partial charge in [0.05, 0.1) is 18.2 Å². The van der Waals surface area contributed by atoms with Gasteiger partial charge in [-0.25, -0.2) is 9.59 Å². The maximum absolute atomic E-state index is 12.3. The first-order chi connectivity index (χ1) is 14.0. The van der Waals surface area contributed by atoms with Crippen LogP contribution in [0.2, 0.25) is 0 Å². The van der Waals surface area contributed by atoms with E-state index in [-0.39, 0.29) is 22.8 Å². The van der Waals surface area contributed by atoms with Crippen molar-refractivity contribution in [3.63, 3.8) is 0 Å². The number of amides is 1. The van der Waals surface area contributed by atoms with Crippen molar-refractivity contribution in [2.75, 3.05) is 12.4 Å². The zero-order chi connectivity index (χ0) is 20.8. The van der Waals surface area contributed by atoms with Crippen molar-refractivity contribution in [3.05, 3.63) is 89.5 Å².